The molecule has 0 amide bonds. The summed E-state index contributed by atoms with van der Waals surface area (Å²) in [5.41, 5.74) is 1.10. The van der Waals surface area contributed by atoms with Gasteiger partial charge in [0, 0.05) is 11.1 Å². The Hall–Kier alpha value is -2.50. The summed E-state index contributed by atoms with van der Waals surface area (Å²) < 4.78 is 50.6. The summed E-state index contributed by atoms with van der Waals surface area (Å²) >= 11 is 0. The van der Waals surface area contributed by atoms with Crippen LogP contribution in [0.2, 0.25) is 0 Å². The average Bonchev–Trinajstić information content (AvgIpc) is 2.60. The molecule has 3 nitrogen and oxygen atoms in total. The fraction of sp³-hybridized carbons (Fsp3) is 0.316. The van der Waals surface area contributed by atoms with E-state index in [0.717, 1.165) is 5.56 Å². The molecule has 0 aliphatic heterocycles. The first kappa shape index (κ1) is 18.8. The number of hydrogen-bond acceptors (Lipinski definition) is 3. The molecule has 25 heavy (non-hydrogen) atoms. The predicted molar refractivity (Wildman–Crippen MR) is 87.2 cm³/mol. The van der Waals surface area contributed by atoms with Crippen molar-refractivity contribution in [1.82, 2.24) is 0 Å². The topological polar surface area (TPSA) is 35.5 Å². The van der Waals surface area contributed by atoms with Gasteiger partial charge in [0.15, 0.2) is 11.6 Å². The maximum absolute atomic E-state index is 14.0. The summed E-state index contributed by atoms with van der Waals surface area (Å²) in [6.45, 7) is 1.63. The van der Waals surface area contributed by atoms with E-state index in [2.05, 4.69) is 4.74 Å². The molecule has 2 rings (SSSR count). The lowest BCUT2D eigenvalue weighted by atomic mass is 9.99. The molecule has 0 N–H and O–H groups in total. The first-order valence-electron chi connectivity index (χ1n) is 7.83. The van der Waals surface area contributed by atoms with Crippen LogP contribution in [0.4, 0.5) is 13.2 Å². The Morgan fingerprint density at radius 2 is 1.96 bits per heavy atom. The van der Waals surface area contributed by atoms with Crippen LogP contribution in [0.15, 0.2) is 36.4 Å². The van der Waals surface area contributed by atoms with Crippen molar-refractivity contribution in [3.05, 3.63) is 64.5 Å². The molecule has 0 fully saturated rings. The minimum Gasteiger partial charge on any atom is -0.486 e. The van der Waals surface area contributed by atoms with Gasteiger partial charge in [-0.1, -0.05) is 31.2 Å². The number of alkyl halides is 2. The number of carbonyl (C=O) groups excluding carboxylic acids is 1. The fourth-order valence-corrected chi connectivity index (χ4v) is 2.46. The maximum Gasteiger partial charge on any atom is 0.309 e. The molecule has 6 heteroatoms. The summed E-state index contributed by atoms with van der Waals surface area (Å²) in [7, 11) is 1.22. The van der Waals surface area contributed by atoms with Crippen LogP contribution >= 0.6 is 0 Å². The van der Waals surface area contributed by atoms with E-state index >= 15 is 0 Å². The van der Waals surface area contributed by atoms with Gasteiger partial charge >= 0.3 is 5.97 Å². The predicted octanol–water partition coefficient (Wildman–Crippen LogP) is 4.62. The van der Waals surface area contributed by atoms with Crippen molar-refractivity contribution in [3.63, 3.8) is 0 Å². The molecule has 134 valence electrons. The van der Waals surface area contributed by atoms with Gasteiger partial charge in [0.25, 0.3) is 6.43 Å². The molecular weight excluding hydrogens is 333 g/mol. The quantitative estimate of drug-likeness (QED) is 0.682. The van der Waals surface area contributed by atoms with E-state index < -0.39 is 18.2 Å². The van der Waals surface area contributed by atoms with Crippen molar-refractivity contribution >= 4 is 5.97 Å². The number of ether oxygens (including phenoxy) is 2. The third-order valence-corrected chi connectivity index (χ3v) is 3.88. The van der Waals surface area contributed by atoms with Crippen LogP contribution in [-0.2, 0) is 29.0 Å². The molecule has 0 radical (unpaired) electrons. The monoisotopic (exact) mass is 352 g/mol. The minimum absolute atomic E-state index is 0.0229. The van der Waals surface area contributed by atoms with Crippen LogP contribution in [0.1, 0.15) is 35.6 Å². The third kappa shape index (κ3) is 4.75. The van der Waals surface area contributed by atoms with Gasteiger partial charge in [-0.05, 0) is 29.7 Å². The summed E-state index contributed by atoms with van der Waals surface area (Å²) in [6.07, 6.45) is -2.22. The Kier molecular flexibility index (Phi) is 6.44. The Bertz CT molecular complexity index is 745. The Labute approximate surface area is 144 Å². The number of methoxy groups -OCH3 is 1. The molecule has 0 aliphatic carbocycles. The highest BCUT2D eigenvalue weighted by atomic mass is 19.3. The molecule has 0 aliphatic rings. The van der Waals surface area contributed by atoms with Gasteiger partial charge in [-0.3, -0.25) is 4.79 Å². The number of rotatable bonds is 7. The maximum atomic E-state index is 14.0. The summed E-state index contributed by atoms with van der Waals surface area (Å²) in [4.78, 5) is 11.5. The van der Waals surface area contributed by atoms with E-state index in [0.29, 0.717) is 12.0 Å². The Morgan fingerprint density at radius 1 is 1.20 bits per heavy atom. The summed E-state index contributed by atoms with van der Waals surface area (Å²) in [6, 6.07) is 8.80. The number of aryl methyl sites for hydroxylation is 1. The van der Waals surface area contributed by atoms with Gasteiger partial charge in [-0.25, -0.2) is 13.2 Å². The zero-order valence-corrected chi connectivity index (χ0v) is 14.0. The lowest BCUT2D eigenvalue weighted by Gasteiger charge is -2.15. The largest absolute Gasteiger partial charge is 0.486 e. The van der Waals surface area contributed by atoms with E-state index in [1.54, 1.807) is 12.1 Å². The van der Waals surface area contributed by atoms with Crippen LogP contribution in [0.5, 0.6) is 5.75 Å². The molecule has 0 heterocycles. The van der Waals surface area contributed by atoms with Crippen LogP contribution in [0.3, 0.4) is 0 Å². The van der Waals surface area contributed by atoms with Gasteiger partial charge in [0.05, 0.1) is 13.5 Å². The number of hydrogen-bond donors (Lipinski definition) is 0. The number of esters is 1. The number of halogens is 3. The molecule has 0 saturated carbocycles. The Balaban J connectivity index is 2.29. The van der Waals surface area contributed by atoms with Gasteiger partial charge < -0.3 is 9.47 Å². The van der Waals surface area contributed by atoms with Crippen LogP contribution < -0.4 is 4.74 Å². The molecule has 0 atom stereocenters. The second kappa shape index (κ2) is 8.55. The molecule has 0 saturated heterocycles. The minimum atomic E-state index is -2.73. The smallest absolute Gasteiger partial charge is 0.309 e. The molecule has 2 aromatic carbocycles. The zero-order valence-electron chi connectivity index (χ0n) is 14.0. The van der Waals surface area contributed by atoms with E-state index in [1.807, 2.05) is 6.92 Å². The van der Waals surface area contributed by atoms with E-state index in [4.69, 9.17) is 4.74 Å². The van der Waals surface area contributed by atoms with E-state index in [1.165, 1.54) is 31.4 Å². The second-order valence-corrected chi connectivity index (χ2v) is 5.45. The van der Waals surface area contributed by atoms with E-state index in [-0.39, 0.29) is 29.9 Å². The Morgan fingerprint density at radius 3 is 2.56 bits per heavy atom. The fourth-order valence-electron chi connectivity index (χ4n) is 2.46. The third-order valence-electron chi connectivity index (χ3n) is 3.88. The highest BCUT2D eigenvalue weighted by molar-refractivity contribution is 5.73. The van der Waals surface area contributed by atoms with Crippen molar-refractivity contribution < 1.29 is 27.4 Å². The van der Waals surface area contributed by atoms with Gasteiger partial charge in [-0.15, -0.1) is 0 Å². The first-order valence-corrected chi connectivity index (χ1v) is 7.83. The van der Waals surface area contributed by atoms with E-state index in [9.17, 15) is 18.0 Å². The molecule has 0 aromatic heterocycles. The highest BCUT2D eigenvalue weighted by Crippen LogP contribution is 2.28. The normalized spacial score (nSPS) is 10.8. The highest BCUT2D eigenvalue weighted by Gasteiger charge is 2.19. The SMILES string of the molecule is CCc1ccc(OCc2c(CC(=O)OC)cccc2C(F)F)c(F)c1. The number of carbonyl (C=O) groups is 1. The van der Waals surface area contributed by atoms with Crippen molar-refractivity contribution in [1.29, 1.82) is 0 Å². The molecule has 0 unspecified atom stereocenters. The van der Waals surface area contributed by atoms with Crippen molar-refractivity contribution in [2.75, 3.05) is 7.11 Å². The van der Waals surface area contributed by atoms with Gasteiger partial charge in [0.2, 0.25) is 0 Å². The summed E-state index contributed by atoms with van der Waals surface area (Å²) in [5.74, 6) is -1.13. The van der Waals surface area contributed by atoms with Gasteiger partial charge in [0.1, 0.15) is 6.61 Å². The molecule has 2 aromatic rings. The van der Waals surface area contributed by atoms with Crippen LogP contribution in [0, 0.1) is 5.82 Å². The first-order chi connectivity index (χ1) is 12.0. The second-order valence-electron chi connectivity index (χ2n) is 5.45. The number of benzene rings is 2. The lowest BCUT2D eigenvalue weighted by molar-refractivity contribution is -0.139. The van der Waals surface area contributed by atoms with Crippen LogP contribution in [0.25, 0.3) is 0 Å². The molecule has 0 spiro atoms. The molecule has 0 bridgehead atoms. The summed E-state index contributed by atoms with van der Waals surface area (Å²) in [5, 5.41) is 0. The average molecular weight is 352 g/mol. The standard InChI is InChI=1S/C19H19F3O3/c1-3-12-7-8-17(16(20)9-12)25-11-15-13(10-18(23)24-2)5-4-6-14(15)19(21)22/h4-9,19H,3,10-11H2,1-2H3. The molecular formula is C19H19F3O3. The van der Waals surface area contributed by atoms with Crippen molar-refractivity contribution in [2.24, 2.45) is 0 Å². The lowest BCUT2D eigenvalue weighted by Crippen LogP contribution is -2.11. The zero-order chi connectivity index (χ0) is 18.4. The van der Waals surface area contributed by atoms with Gasteiger partial charge in [-0.2, -0.15) is 0 Å². The van der Waals surface area contributed by atoms with Crippen molar-refractivity contribution in [2.45, 2.75) is 32.8 Å². The van der Waals surface area contributed by atoms with Crippen molar-refractivity contribution in [3.8, 4) is 5.75 Å². The van der Waals surface area contributed by atoms with Crippen LogP contribution in [-0.4, -0.2) is 13.1 Å².